The van der Waals surface area contributed by atoms with Crippen molar-refractivity contribution in [3.63, 3.8) is 0 Å². The zero-order chi connectivity index (χ0) is 13.7. The monoisotopic (exact) mass is 256 g/mol. The smallest absolute Gasteiger partial charge is 0.163 e. The number of Topliss-reactive ketones (excluding diaryl/α,β-unsaturated/α-hetero) is 1. The maximum atomic E-state index is 11.5. The van der Waals surface area contributed by atoms with Gasteiger partial charge >= 0.3 is 0 Å². The Balaban J connectivity index is 2.02. The van der Waals surface area contributed by atoms with E-state index in [4.69, 9.17) is 10.5 Å². The molecule has 4 heteroatoms. The molecule has 0 saturated heterocycles. The predicted molar refractivity (Wildman–Crippen MR) is 74.3 cm³/mol. The summed E-state index contributed by atoms with van der Waals surface area (Å²) >= 11 is 0. The van der Waals surface area contributed by atoms with E-state index >= 15 is 0 Å². The Labute approximate surface area is 112 Å². The fourth-order valence-electron chi connectivity index (χ4n) is 1.76. The van der Waals surface area contributed by atoms with E-state index in [1.165, 1.54) is 6.92 Å². The molecule has 1 heterocycles. The molecule has 0 saturated carbocycles. The van der Waals surface area contributed by atoms with Crippen LogP contribution in [0.15, 0.2) is 42.6 Å². The van der Waals surface area contributed by atoms with Crippen LogP contribution in [-0.2, 0) is 6.42 Å². The van der Waals surface area contributed by atoms with Crippen LogP contribution in [0.3, 0.4) is 0 Å². The molecule has 0 spiro atoms. The van der Waals surface area contributed by atoms with Crippen LogP contribution < -0.4 is 10.5 Å². The highest BCUT2D eigenvalue weighted by atomic mass is 16.5. The summed E-state index contributed by atoms with van der Waals surface area (Å²) in [4.78, 5) is 15.7. The van der Waals surface area contributed by atoms with Crippen LogP contribution in [0.1, 0.15) is 23.0 Å². The number of benzene rings is 1. The fraction of sp³-hybridized carbons (Fsp3) is 0.200. The molecule has 98 valence electrons. The summed E-state index contributed by atoms with van der Waals surface area (Å²) in [6, 6.07) is 10.8. The minimum Gasteiger partial charge on any atom is -0.492 e. The van der Waals surface area contributed by atoms with Gasteiger partial charge in [0.05, 0.1) is 12.2 Å². The van der Waals surface area contributed by atoms with Crippen molar-refractivity contribution in [2.75, 3.05) is 12.3 Å². The van der Waals surface area contributed by atoms with E-state index in [2.05, 4.69) is 4.98 Å². The van der Waals surface area contributed by atoms with Crippen molar-refractivity contribution in [3.8, 4) is 5.75 Å². The van der Waals surface area contributed by atoms with E-state index < -0.39 is 0 Å². The van der Waals surface area contributed by atoms with Crippen molar-refractivity contribution in [2.24, 2.45) is 0 Å². The summed E-state index contributed by atoms with van der Waals surface area (Å²) < 4.78 is 5.64. The number of carbonyl (C=O) groups excluding carboxylic acids is 1. The van der Waals surface area contributed by atoms with Crippen LogP contribution in [0, 0.1) is 0 Å². The van der Waals surface area contributed by atoms with Crippen molar-refractivity contribution in [2.45, 2.75) is 13.3 Å². The number of aromatic nitrogens is 1. The fourth-order valence-corrected chi connectivity index (χ4v) is 1.76. The molecular formula is C15H16N2O2. The number of pyridine rings is 1. The largest absolute Gasteiger partial charge is 0.492 e. The molecule has 1 aromatic heterocycles. The Bertz CT molecular complexity index is 568. The van der Waals surface area contributed by atoms with Crippen molar-refractivity contribution in [1.29, 1.82) is 0 Å². The topological polar surface area (TPSA) is 65.2 Å². The third-order valence-corrected chi connectivity index (χ3v) is 2.72. The van der Waals surface area contributed by atoms with Crippen molar-refractivity contribution in [1.82, 2.24) is 4.98 Å². The second-order valence-corrected chi connectivity index (χ2v) is 4.23. The van der Waals surface area contributed by atoms with Crippen LogP contribution in [0.5, 0.6) is 5.75 Å². The van der Waals surface area contributed by atoms with Gasteiger partial charge in [-0.25, -0.2) is 0 Å². The molecule has 0 atom stereocenters. The number of hydrogen-bond acceptors (Lipinski definition) is 4. The molecule has 0 aliphatic rings. The maximum Gasteiger partial charge on any atom is 0.163 e. The number of rotatable bonds is 5. The highest BCUT2D eigenvalue weighted by Crippen LogP contribution is 2.22. The predicted octanol–water partition coefficient (Wildman–Crippen LogP) is 2.49. The highest BCUT2D eigenvalue weighted by Gasteiger charge is 2.09. The molecule has 0 unspecified atom stereocenters. The van der Waals surface area contributed by atoms with Gasteiger partial charge in [-0.2, -0.15) is 0 Å². The average Bonchev–Trinajstić information content (AvgIpc) is 2.41. The molecule has 0 amide bonds. The molecule has 0 radical (unpaired) electrons. The van der Waals surface area contributed by atoms with Gasteiger partial charge in [0.2, 0.25) is 0 Å². The maximum absolute atomic E-state index is 11.5. The summed E-state index contributed by atoms with van der Waals surface area (Å²) in [6.07, 6.45) is 2.45. The van der Waals surface area contributed by atoms with Crippen LogP contribution in [0.25, 0.3) is 0 Å². The lowest BCUT2D eigenvalue weighted by molar-refractivity contribution is 0.101. The minimum absolute atomic E-state index is 0.0554. The van der Waals surface area contributed by atoms with Gasteiger partial charge in [0.1, 0.15) is 5.75 Å². The Morgan fingerprint density at radius 1 is 1.32 bits per heavy atom. The molecule has 2 N–H and O–H groups in total. The lowest BCUT2D eigenvalue weighted by Crippen LogP contribution is -2.06. The summed E-state index contributed by atoms with van der Waals surface area (Å²) in [5.74, 6) is 0.512. The van der Waals surface area contributed by atoms with E-state index in [9.17, 15) is 4.79 Å². The third-order valence-electron chi connectivity index (χ3n) is 2.72. The number of nitrogens with zero attached hydrogens (tertiary/aromatic N) is 1. The molecule has 4 nitrogen and oxygen atoms in total. The summed E-state index contributed by atoms with van der Waals surface area (Å²) in [5.41, 5.74) is 7.70. The Morgan fingerprint density at radius 2 is 2.16 bits per heavy atom. The first-order valence-electron chi connectivity index (χ1n) is 6.10. The molecule has 1 aromatic carbocycles. The number of ether oxygens (including phenoxy) is 1. The Morgan fingerprint density at radius 3 is 2.84 bits per heavy atom. The van der Waals surface area contributed by atoms with Gasteiger partial charge < -0.3 is 10.5 Å². The van der Waals surface area contributed by atoms with Gasteiger partial charge in [-0.1, -0.05) is 6.07 Å². The summed E-state index contributed by atoms with van der Waals surface area (Å²) in [5, 5.41) is 0. The van der Waals surface area contributed by atoms with E-state index in [0.717, 1.165) is 5.69 Å². The quantitative estimate of drug-likeness (QED) is 0.659. The molecule has 19 heavy (non-hydrogen) atoms. The van der Waals surface area contributed by atoms with Crippen molar-refractivity contribution in [3.05, 3.63) is 53.9 Å². The lowest BCUT2D eigenvalue weighted by atomic mass is 10.1. The van der Waals surface area contributed by atoms with Gasteiger partial charge in [0.25, 0.3) is 0 Å². The standard InChI is InChI=1S/C15H16N2O2/c1-11(18)14-10-12(16)5-6-15(14)19-9-7-13-4-2-3-8-17-13/h2-6,8,10H,7,9,16H2,1H3. The van der Waals surface area contributed by atoms with Crippen LogP contribution in [0.2, 0.25) is 0 Å². The summed E-state index contributed by atoms with van der Waals surface area (Å²) in [7, 11) is 0. The normalized spacial score (nSPS) is 10.2. The molecule has 2 aromatic rings. The average molecular weight is 256 g/mol. The first-order chi connectivity index (χ1) is 9.16. The first-order valence-corrected chi connectivity index (χ1v) is 6.10. The molecule has 2 rings (SSSR count). The number of nitrogen functional groups attached to an aromatic ring is 1. The second-order valence-electron chi connectivity index (χ2n) is 4.23. The number of hydrogen-bond donors (Lipinski definition) is 1. The van der Waals surface area contributed by atoms with Crippen LogP contribution in [-0.4, -0.2) is 17.4 Å². The number of ketones is 1. The molecule has 0 fully saturated rings. The van der Waals surface area contributed by atoms with E-state index in [1.807, 2.05) is 18.2 Å². The third kappa shape index (κ3) is 3.55. The Hall–Kier alpha value is -2.36. The number of nitrogens with two attached hydrogens (primary N) is 1. The zero-order valence-corrected chi connectivity index (χ0v) is 10.8. The zero-order valence-electron chi connectivity index (χ0n) is 10.8. The van der Waals surface area contributed by atoms with Gasteiger partial charge in [0, 0.05) is 24.0 Å². The minimum atomic E-state index is -0.0554. The SMILES string of the molecule is CC(=O)c1cc(N)ccc1OCCc1ccccn1. The lowest BCUT2D eigenvalue weighted by Gasteiger charge is -2.10. The van der Waals surface area contributed by atoms with Gasteiger partial charge in [-0.3, -0.25) is 9.78 Å². The molecule has 0 aliphatic heterocycles. The van der Waals surface area contributed by atoms with Gasteiger partial charge in [-0.15, -0.1) is 0 Å². The van der Waals surface area contributed by atoms with Gasteiger partial charge in [-0.05, 0) is 37.3 Å². The summed E-state index contributed by atoms with van der Waals surface area (Å²) in [6.45, 7) is 1.97. The van der Waals surface area contributed by atoms with Crippen LogP contribution in [0.4, 0.5) is 5.69 Å². The van der Waals surface area contributed by atoms with E-state index in [-0.39, 0.29) is 5.78 Å². The first kappa shape index (κ1) is 13.1. The molecular weight excluding hydrogens is 240 g/mol. The van der Waals surface area contributed by atoms with Crippen LogP contribution >= 0.6 is 0 Å². The Kier molecular flexibility index (Phi) is 4.13. The second kappa shape index (κ2) is 6.00. The highest BCUT2D eigenvalue weighted by molar-refractivity contribution is 5.97. The van der Waals surface area contributed by atoms with Crippen molar-refractivity contribution >= 4 is 11.5 Å². The van der Waals surface area contributed by atoms with Gasteiger partial charge in [0.15, 0.2) is 5.78 Å². The van der Waals surface area contributed by atoms with E-state index in [1.54, 1.807) is 24.4 Å². The number of carbonyl (C=O) groups is 1. The molecule has 0 aliphatic carbocycles. The number of anilines is 1. The molecule has 0 bridgehead atoms. The van der Waals surface area contributed by atoms with Crippen molar-refractivity contribution < 1.29 is 9.53 Å². The van der Waals surface area contributed by atoms with E-state index in [0.29, 0.717) is 30.0 Å².